The van der Waals surface area contributed by atoms with Crippen LogP contribution in [-0.2, 0) is 26.5 Å². The van der Waals surface area contributed by atoms with Gasteiger partial charge in [0.25, 0.3) is 0 Å². The van der Waals surface area contributed by atoms with Gasteiger partial charge < -0.3 is 23.3 Å². The van der Waals surface area contributed by atoms with Crippen molar-refractivity contribution in [2.75, 3.05) is 9.80 Å². The van der Waals surface area contributed by atoms with E-state index < -0.39 is 0 Å². The molecule has 0 saturated heterocycles. The molecule has 1 aliphatic rings. The summed E-state index contributed by atoms with van der Waals surface area (Å²) in [5, 5.41) is 6.88. The van der Waals surface area contributed by atoms with Crippen LogP contribution in [0.25, 0.3) is 65.5 Å². The Morgan fingerprint density at radius 3 is 2.07 bits per heavy atom. The summed E-state index contributed by atoms with van der Waals surface area (Å²) in [6.07, 6.45) is 5.97. The number of aromatic nitrogens is 3. The minimum Gasteiger partial charge on any atom is -0.509 e. The summed E-state index contributed by atoms with van der Waals surface area (Å²) in [7, 11) is 0. The molecule has 0 saturated carbocycles. The smallest absolute Gasteiger partial charge is 0.143 e. The van der Waals surface area contributed by atoms with Gasteiger partial charge in [-0.2, -0.15) is 12.1 Å². The van der Waals surface area contributed by atoms with Crippen molar-refractivity contribution in [1.82, 2.24) is 13.8 Å². The third-order valence-electron chi connectivity index (χ3n) is 10.8. The summed E-state index contributed by atoms with van der Waals surface area (Å²) in [5.41, 5.74) is 9.71. The summed E-state index contributed by atoms with van der Waals surface area (Å²) in [4.78, 5) is 9.23. The number of para-hydroxylation sites is 3. The number of anilines is 2. The molecule has 1 aliphatic heterocycles. The molecule has 0 fully saturated rings. The van der Waals surface area contributed by atoms with Crippen LogP contribution in [0.1, 0.15) is 26.3 Å². The van der Waals surface area contributed by atoms with Crippen molar-refractivity contribution in [2.24, 2.45) is 0 Å². The Balaban J connectivity index is 0.00000372. The minimum absolute atomic E-state index is 0. The molecule has 0 atom stereocenters. The standard InChI is InChI=1S/C48H34N5O.Pt/c1-48(2,3)31-19-21-32(22-20-31)50-26-27-51(30-50)33-10-6-11-34(28-33)54-35-23-24-37-39-15-8-18-43-46(39)53(44(37)29-35)47-41(16-9-25-49-47)40-14-7-13-38-36-12-4-5-17-42(36)52(43)45(38)40;/h4-27,30H,1-3H3;/q-3;. The van der Waals surface area contributed by atoms with E-state index in [0.29, 0.717) is 11.5 Å². The fourth-order valence-electron chi connectivity index (χ4n) is 8.22. The number of ether oxygens (including phenoxy) is 1. The first kappa shape index (κ1) is 33.5. The van der Waals surface area contributed by atoms with Crippen LogP contribution in [-0.4, -0.2) is 13.8 Å². The molecule has 0 radical (unpaired) electrons. The Labute approximate surface area is 332 Å². The van der Waals surface area contributed by atoms with E-state index in [0.717, 1.165) is 55.1 Å². The zero-order valence-electron chi connectivity index (χ0n) is 30.4. The average Bonchev–Trinajstić information content (AvgIpc) is 3.90. The van der Waals surface area contributed by atoms with Crippen molar-refractivity contribution in [3.05, 3.63) is 170 Å². The van der Waals surface area contributed by atoms with E-state index in [1.807, 2.05) is 42.7 Å². The fraction of sp³-hybridized carbons (Fsp3) is 0.0833. The molecule has 5 heterocycles. The van der Waals surface area contributed by atoms with Crippen molar-refractivity contribution in [3.63, 3.8) is 0 Å². The molecule has 11 rings (SSSR count). The molecule has 270 valence electrons. The molecule has 0 amide bonds. The van der Waals surface area contributed by atoms with Crippen molar-refractivity contribution in [2.45, 2.75) is 26.2 Å². The number of nitrogens with zero attached hydrogens (tertiary/aromatic N) is 5. The van der Waals surface area contributed by atoms with Crippen molar-refractivity contribution < 1.29 is 25.8 Å². The number of benzene rings is 6. The Morgan fingerprint density at radius 2 is 1.24 bits per heavy atom. The third-order valence-corrected chi connectivity index (χ3v) is 10.8. The maximum Gasteiger partial charge on any atom is 0.143 e. The zero-order chi connectivity index (χ0) is 36.1. The molecule has 0 spiro atoms. The molecule has 0 bridgehead atoms. The van der Waals surface area contributed by atoms with E-state index in [-0.39, 0.29) is 26.5 Å². The Morgan fingerprint density at radius 1 is 0.564 bits per heavy atom. The predicted molar refractivity (Wildman–Crippen MR) is 221 cm³/mol. The number of fused-ring (bicyclic) bond motifs is 10. The van der Waals surface area contributed by atoms with Gasteiger partial charge in [0.1, 0.15) is 5.65 Å². The molecule has 7 heteroatoms. The molecule has 10 aromatic rings. The number of hydrogen-bond donors (Lipinski definition) is 0. The van der Waals surface area contributed by atoms with Crippen LogP contribution in [0, 0.1) is 18.8 Å². The molecule has 6 aromatic carbocycles. The van der Waals surface area contributed by atoms with Crippen molar-refractivity contribution in [1.29, 1.82) is 0 Å². The van der Waals surface area contributed by atoms with E-state index in [9.17, 15) is 0 Å². The molecule has 0 aliphatic carbocycles. The first-order chi connectivity index (χ1) is 26.4. The third kappa shape index (κ3) is 5.16. The monoisotopic (exact) mass is 891 g/mol. The van der Waals surface area contributed by atoms with Gasteiger partial charge in [-0.15, -0.1) is 48.1 Å². The summed E-state index contributed by atoms with van der Waals surface area (Å²) in [5.74, 6) is 1.21. The predicted octanol–water partition coefficient (Wildman–Crippen LogP) is 12.0. The van der Waals surface area contributed by atoms with Gasteiger partial charge in [-0.1, -0.05) is 87.0 Å². The summed E-state index contributed by atoms with van der Waals surface area (Å²) in [6.45, 7) is 8.76. The van der Waals surface area contributed by atoms with Crippen LogP contribution in [0.5, 0.6) is 11.5 Å². The van der Waals surface area contributed by atoms with Gasteiger partial charge in [-0.3, -0.25) is 0 Å². The summed E-state index contributed by atoms with van der Waals surface area (Å²) < 4.78 is 11.2. The van der Waals surface area contributed by atoms with Gasteiger partial charge in [0.2, 0.25) is 0 Å². The fourth-order valence-corrected chi connectivity index (χ4v) is 8.22. The second-order valence-electron chi connectivity index (χ2n) is 15.0. The summed E-state index contributed by atoms with van der Waals surface area (Å²) in [6, 6.07) is 52.1. The first-order valence-electron chi connectivity index (χ1n) is 18.3. The van der Waals surface area contributed by atoms with Gasteiger partial charge in [0, 0.05) is 66.0 Å². The Bertz CT molecular complexity index is 3170. The minimum atomic E-state index is 0. The van der Waals surface area contributed by atoms with Crippen molar-refractivity contribution >= 4 is 76.9 Å². The van der Waals surface area contributed by atoms with E-state index in [1.54, 1.807) is 0 Å². The van der Waals surface area contributed by atoms with Crippen LogP contribution in [0.2, 0.25) is 0 Å². The van der Waals surface area contributed by atoms with Gasteiger partial charge in [0.05, 0.1) is 22.1 Å². The zero-order valence-corrected chi connectivity index (χ0v) is 32.7. The molecule has 4 aromatic heterocycles. The van der Waals surface area contributed by atoms with Crippen LogP contribution >= 0.6 is 0 Å². The van der Waals surface area contributed by atoms with Crippen LogP contribution in [0.3, 0.4) is 0 Å². The molecule has 55 heavy (non-hydrogen) atoms. The molecule has 0 N–H and O–H groups in total. The van der Waals surface area contributed by atoms with E-state index >= 15 is 0 Å². The van der Waals surface area contributed by atoms with Crippen LogP contribution in [0.15, 0.2) is 146 Å². The first-order valence-corrected chi connectivity index (χ1v) is 18.3. The number of pyridine rings is 1. The SMILES string of the molecule is CC(C)(C)c1ccc(N2C=CN(c3[c-]c(Oc4[c-]c5c(cc4)c4cccc6c4n5c4ncccc4c4cccc5c7ccccc7n6c54)ccc3)[CH-]2)cc1.[Pt]. The van der Waals surface area contributed by atoms with Crippen molar-refractivity contribution in [3.8, 4) is 11.5 Å². The molecular weight excluding hydrogens is 858 g/mol. The number of hydrogen-bond acceptors (Lipinski definition) is 4. The maximum atomic E-state index is 6.55. The molecule has 0 unspecified atom stereocenters. The van der Waals surface area contributed by atoms with Crippen LogP contribution in [0.4, 0.5) is 11.4 Å². The molecule has 6 nitrogen and oxygen atoms in total. The number of rotatable bonds is 4. The van der Waals surface area contributed by atoms with E-state index in [2.05, 4.69) is 161 Å². The van der Waals surface area contributed by atoms with Gasteiger partial charge in [0.15, 0.2) is 0 Å². The largest absolute Gasteiger partial charge is 0.509 e. The average molecular weight is 892 g/mol. The van der Waals surface area contributed by atoms with E-state index in [1.165, 1.54) is 27.4 Å². The van der Waals surface area contributed by atoms with Crippen LogP contribution < -0.4 is 14.5 Å². The molecular formula is C48H34N5OPt-3. The van der Waals surface area contributed by atoms with E-state index in [4.69, 9.17) is 9.72 Å². The van der Waals surface area contributed by atoms with Gasteiger partial charge in [-0.25, -0.2) is 4.98 Å². The second-order valence-corrected chi connectivity index (χ2v) is 15.0. The maximum absolute atomic E-state index is 6.55. The quantitative estimate of drug-likeness (QED) is 0.165. The van der Waals surface area contributed by atoms with Gasteiger partial charge >= 0.3 is 0 Å². The second kappa shape index (κ2) is 12.5. The summed E-state index contributed by atoms with van der Waals surface area (Å²) >= 11 is 0. The normalized spacial score (nSPS) is 13.4. The van der Waals surface area contributed by atoms with Gasteiger partial charge in [-0.05, 0) is 65.2 Å². The topological polar surface area (TPSA) is 37.4 Å². The Kier molecular flexibility index (Phi) is 7.59. The Hall–Kier alpha value is -6.10.